The summed E-state index contributed by atoms with van der Waals surface area (Å²) in [7, 11) is 0. The highest BCUT2D eigenvalue weighted by Gasteiger charge is 2.00. The Balaban J connectivity index is 2.72. The molecule has 0 bridgehead atoms. The first-order valence-electron chi connectivity index (χ1n) is 3.52. The average Bonchev–Trinajstić information content (AvgIpc) is 2.03. The summed E-state index contributed by atoms with van der Waals surface area (Å²) in [4.78, 5) is 0. The second-order valence-electron chi connectivity index (χ2n) is 2.21. The van der Waals surface area contributed by atoms with Crippen molar-refractivity contribution in [1.82, 2.24) is 0 Å². The van der Waals surface area contributed by atoms with Gasteiger partial charge in [0.15, 0.2) is 0 Å². The van der Waals surface area contributed by atoms with Crippen LogP contribution in [0.3, 0.4) is 0 Å². The van der Waals surface area contributed by atoms with Gasteiger partial charge in [-0.2, -0.15) is 0 Å². The fourth-order valence-electron chi connectivity index (χ4n) is 0.761. The summed E-state index contributed by atoms with van der Waals surface area (Å²) in [5.41, 5.74) is 5.24. The van der Waals surface area contributed by atoms with E-state index in [1.54, 1.807) is 6.07 Å². The molecule has 1 rings (SSSR count). The Morgan fingerprint density at radius 2 is 2.25 bits per heavy atom. The summed E-state index contributed by atoms with van der Waals surface area (Å²) in [6, 6.07) is 4.26. The van der Waals surface area contributed by atoms with Crippen molar-refractivity contribution in [3.63, 3.8) is 0 Å². The van der Waals surface area contributed by atoms with Crippen LogP contribution in [0.5, 0.6) is 5.75 Å². The van der Waals surface area contributed by atoms with Crippen molar-refractivity contribution in [2.24, 2.45) is 5.73 Å². The zero-order valence-corrected chi connectivity index (χ0v) is 7.97. The van der Waals surface area contributed by atoms with Crippen LogP contribution >= 0.6 is 15.9 Å². The van der Waals surface area contributed by atoms with E-state index in [-0.39, 0.29) is 5.82 Å². The van der Waals surface area contributed by atoms with Gasteiger partial charge in [-0.25, -0.2) is 4.39 Å². The molecule has 0 atom stereocenters. The van der Waals surface area contributed by atoms with Crippen LogP contribution in [0.4, 0.5) is 4.39 Å². The molecule has 0 saturated heterocycles. The highest BCUT2D eigenvalue weighted by molar-refractivity contribution is 9.10. The van der Waals surface area contributed by atoms with Gasteiger partial charge in [0, 0.05) is 6.54 Å². The maximum Gasteiger partial charge on any atom is 0.133 e. The molecule has 0 spiro atoms. The first-order valence-corrected chi connectivity index (χ1v) is 4.31. The molecule has 0 aromatic heterocycles. The van der Waals surface area contributed by atoms with Crippen molar-refractivity contribution >= 4 is 15.9 Å². The summed E-state index contributed by atoms with van der Waals surface area (Å²) in [6.45, 7) is 0.883. The van der Waals surface area contributed by atoms with Crippen LogP contribution < -0.4 is 10.5 Å². The molecule has 2 nitrogen and oxygen atoms in total. The molecule has 0 unspecified atom stereocenters. The minimum Gasteiger partial charge on any atom is -0.491 e. The van der Waals surface area contributed by atoms with Crippen LogP contribution in [0, 0.1) is 5.82 Å². The summed E-state index contributed by atoms with van der Waals surface area (Å²) in [5, 5.41) is 0. The topological polar surface area (TPSA) is 35.2 Å². The van der Waals surface area contributed by atoms with E-state index in [1.807, 2.05) is 0 Å². The number of rotatable bonds is 3. The molecule has 1 aromatic carbocycles. The summed E-state index contributed by atoms with van der Waals surface area (Å²) in [6.07, 6.45) is 0. The lowest BCUT2D eigenvalue weighted by atomic mass is 10.3. The minimum absolute atomic E-state index is 0.290. The fourth-order valence-corrected chi connectivity index (χ4v) is 1.23. The van der Waals surface area contributed by atoms with Crippen LogP contribution in [0.25, 0.3) is 0 Å². The van der Waals surface area contributed by atoms with Crippen LogP contribution in [0.15, 0.2) is 22.7 Å². The molecule has 2 N–H and O–H groups in total. The normalized spacial score (nSPS) is 9.92. The monoisotopic (exact) mass is 233 g/mol. The third kappa shape index (κ3) is 2.46. The largest absolute Gasteiger partial charge is 0.491 e. The van der Waals surface area contributed by atoms with Gasteiger partial charge in [-0.1, -0.05) is 0 Å². The molecule has 1 aromatic rings. The highest BCUT2D eigenvalue weighted by Crippen LogP contribution is 2.24. The summed E-state index contributed by atoms with van der Waals surface area (Å²) in [5.74, 6) is 0.323. The predicted octanol–water partition coefficient (Wildman–Crippen LogP) is 1.93. The molecule has 0 amide bonds. The number of nitrogens with two attached hydrogens (primary N) is 1. The van der Waals surface area contributed by atoms with Crippen molar-refractivity contribution in [1.29, 1.82) is 0 Å². The third-order valence-corrected chi connectivity index (χ3v) is 1.89. The molecule has 66 valence electrons. The molecule has 0 radical (unpaired) electrons. The maximum atomic E-state index is 12.6. The molecule has 0 heterocycles. The molecule has 0 aliphatic heterocycles. The second-order valence-corrected chi connectivity index (χ2v) is 3.07. The minimum atomic E-state index is -0.290. The lowest BCUT2D eigenvalue weighted by molar-refractivity contribution is 0.325. The smallest absolute Gasteiger partial charge is 0.133 e. The van der Waals surface area contributed by atoms with Gasteiger partial charge in [0.2, 0.25) is 0 Å². The molecule has 0 saturated carbocycles. The van der Waals surface area contributed by atoms with Gasteiger partial charge >= 0.3 is 0 Å². The van der Waals surface area contributed by atoms with E-state index in [4.69, 9.17) is 10.5 Å². The van der Waals surface area contributed by atoms with E-state index >= 15 is 0 Å². The van der Waals surface area contributed by atoms with Gasteiger partial charge in [-0.05, 0) is 34.1 Å². The SMILES string of the molecule is NCCOc1ccc(F)cc1Br. The lowest BCUT2D eigenvalue weighted by Gasteiger charge is -2.05. The fraction of sp³-hybridized carbons (Fsp3) is 0.250. The van der Waals surface area contributed by atoms with E-state index in [1.165, 1.54) is 12.1 Å². The zero-order chi connectivity index (χ0) is 8.97. The quantitative estimate of drug-likeness (QED) is 0.867. The third-order valence-electron chi connectivity index (χ3n) is 1.27. The predicted molar refractivity (Wildman–Crippen MR) is 48.6 cm³/mol. The molecule has 0 aliphatic carbocycles. The van der Waals surface area contributed by atoms with Crippen LogP contribution in [-0.4, -0.2) is 13.2 Å². The molecule has 4 heteroatoms. The number of halogens is 2. The van der Waals surface area contributed by atoms with E-state index < -0.39 is 0 Å². The van der Waals surface area contributed by atoms with E-state index in [0.717, 1.165) is 0 Å². The van der Waals surface area contributed by atoms with Crippen molar-refractivity contribution in [3.8, 4) is 5.75 Å². The Labute approximate surface area is 78.6 Å². The van der Waals surface area contributed by atoms with Gasteiger partial charge < -0.3 is 10.5 Å². The van der Waals surface area contributed by atoms with Gasteiger partial charge in [0.25, 0.3) is 0 Å². The average molecular weight is 234 g/mol. The van der Waals surface area contributed by atoms with E-state index in [9.17, 15) is 4.39 Å². The molecule has 12 heavy (non-hydrogen) atoms. The van der Waals surface area contributed by atoms with E-state index in [2.05, 4.69) is 15.9 Å². The first-order chi connectivity index (χ1) is 5.74. The number of ether oxygens (including phenoxy) is 1. The number of hydrogen-bond acceptors (Lipinski definition) is 2. The van der Waals surface area contributed by atoms with Crippen molar-refractivity contribution in [2.45, 2.75) is 0 Å². The number of hydrogen-bond donors (Lipinski definition) is 1. The van der Waals surface area contributed by atoms with Crippen molar-refractivity contribution < 1.29 is 9.13 Å². The molecular formula is C8H9BrFNO. The molecular weight excluding hydrogens is 225 g/mol. The first kappa shape index (κ1) is 9.48. The zero-order valence-electron chi connectivity index (χ0n) is 6.39. The van der Waals surface area contributed by atoms with Gasteiger partial charge in [0.1, 0.15) is 18.2 Å². The van der Waals surface area contributed by atoms with Crippen LogP contribution in [0.1, 0.15) is 0 Å². The van der Waals surface area contributed by atoms with Crippen LogP contribution in [0.2, 0.25) is 0 Å². The van der Waals surface area contributed by atoms with E-state index in [0.29, 0.717) is 23.4 Å². The standard InChI is InChI=1S/C8H9BrFNO/c9-7-5-6(10)1-2-8(7)12-4-3-11/h1-2,5H,3-4,11H2. The van der Waals surface area contributed by atoms with Gasteiger partial charge in [0.05, 0.1) is 4.47 Å². The Morgan fingerprint density at radius 1 is 1.50 bits per heavy atom. The molecule has 0 aliphatic rings. The Kier molecular flexibility index (Phi) is 3.49. The highest BCUT2D eigenvalue weighted by atomic mass is 79.9. The summed E-state index contributed by atoms with van der Waals surface area (Å²) >= 11 is 3.17. The Hall–Kier alpha value is -0.610. The van der Waals surface area contributed by atoms with Gasteiger partial charge in [-0.15, -0.1) is 0 Å². The second kappa shape index (κ2) is 4.42. The van der Waals surface area contributed by atoms with Gasteiger partial charge in [-0.3, -0.25) is 0 Å². The number of benzene rings is 1. The Bertz CT molecular complexity index is 267. The van der Waals surface area contributed by atoms with Crippen molar-refractivity contribution in [3.05, 3.63) is 28.5 Å². The Morgan fingerprint density at radius 3 is 2.83 bits per heavy atom. The van der Waals surface area contributed by atoms with Crippen LogP contribution in [-0.2, 0) is 0 Å². The lowest BCUT2D eigenvalue weighted by Crippen LogP contribution is -2.10. The molecule has 0 fully saturated rings. The van der Waals surface area contributed by atoms with Crippen molar-refractivity contribution in [2.75, 3.05) is 13.2 Å². The summed E-state index contributed by atoms with van der Waals surface area (Å²) < 4.78 is 18.4. The maximum absolute atomic E-state index is 12.6.